The number of anilines is 1. The Balaban J connectivity index is 0.00000361. The Morgan fingerprint density at radius 1 is 1.15 bits per heavy atom. The maximum Gasteiger partial charge on any atom is 0.282 e. The first-order chi connectivity index (χ1) is 9.04. The van der Waals surface area contributed by atoms with Gasteiger partial charge in [0.15, 0.2) is 6.04 Å². The number of para-hydroxylation sites is 1. The monoisotopic (exact) mass is 298 g/mol. The van der Waals surface area contributed by atoms with Gasteiger partial charge in [-0.3, -0.25) is 4.79 Å². The van der Waals surface area contributed by atoms with Crippen molar-refractivity contribution in [3.63, 3.8) is 0 Å². The molecule has 2 N–H and O–H groups in total. The summed E-state index contributed by atoms with van der Waals surface area (Å²) in [7, 11) is 0. The Bertz CT molecular complexity index is 410. The molecule has 0 aliphatic carbocycles. The van der Waals surface area contributed by atoms with Crippen molar-refractivity contribution in [2.24, 2.45) is 0 Å². The van der Waals surface area contributed by atoms with E-state index in [4.69, 9.17) is 0 Å². The van der Waals surface area contributed by atoms with E-state index in [2.05, 4.69) is 26.1 Å². The molecule has 0 radical (unpaired) electrons. The van der Waals surface area contributed by atoms with Gasteiger partial charge in [0.25, 0.3) is 5.91 Å². The van der Waals surface area contributed by atoms with Crippen LogP contribution in [0.4, 0.5) is 5.69 Å². The second kappa shape index (κ2) is 8.98. The maximum atomic E-state index is 12.5. The minimum absolute atomic E-state index is 0. The van der Waals surface area contributed by atoms with Crippen molar-refractivity contribution < 1.29 is 22.1 Å². The number of rotatable bonds is 6. The van der Waals surface area contributed by atoms with Gasteiger partial charge in [-0.25, -0.2) is 0 Å². The third-order valence-electron chi connectivity index (χ3n) is 3.86. The van der Waals surface area contributed by atoms with E-state index < -0.39 is 0 Å². The largest absolute Gasteiger partial charge is 1.00 e. The van der Waals surface area contributed by atoms with E-state index in [1.54, 1.807) is 0 Å². The van der Waals surface area contributed by atoms with Crippen LogP contribution in [0.2, 0.25) is 0 Å². The molecule has 0 saturated carbocycles. The molecule has 1 rings (SSSR count). The number of carbonyl (C=O) groups is 1. The maximum absolute atomic E-state index is 12.5. The van der Waals surface area contributed by atoms with Crippen LogP contribution in [-0.4, -0.2) is 25.0 Å². The van der Waals surface area contributed by atoms with E-state index in [0.717, 1.165) is 36.3 Å². The quantitative estimate of drug-likeness (QED) is 0.690. The molecule has 114 valence electrons. The third-order valence-corrected chi connectivity index (χ3v) is 3.86. The highest BCUT2D eigenvalue weighted by molar-refractivity contribution is 5.95. The lowest BCUT2D eigenvalue weighted by Gasteiger charge is -2.25. The topological polar surface area (TPSA) is 33.5 Å². The van der Waals surface area contributed by atoms with Crippen LogP contribution < -0.4 is 22.6 Å². The molecule has 20 heavy (non-hydrogen) atoms. The number of hydrogen-bond acceptors (Lipinski definition) is 1. The Hall–Kier alpha value is -1.06. The second-order valence-corrected chi connectivity index (χ2v) is 5.08. The Morgan fingerprint density at radius 2 is 1.65 bits per heavy atom. The summed E-state index contributed by atoms with van der Waals surface area (Å²) in [5, 5.41) is 3.12. The van der Waals surface area contributed by atoms with Gasteiger partial charge in [0.05, 0.1) is 13.1 Å². The average molecular weight is 299 g/mol. The van der Waals surface area contributed by atoms with Crippen LogP contribution >= 0.6 is 0 Å². The summed E-state index contributed by atoms with van der Waals surface area (Å²) in [6.45, 7) is 12.4. The average Bonchev–Trinajstić information content (AvgIpc) is 2.40. The van der Waals surface area contributed by atoms with Gasteiger partial charge in [-0.05, 0) is 38.8 Å². The molecule has 1 amide bonds. The molecule has 1 aromatic carbocycles. The van der Waals surface area contributed by atoms with E-state index in [1.165, 1.54) is 4.90 Å². The Morgan fingerprint density at radius 3 is 2.05 bits per heavy atom. The Kier molecular flexibility index (Phi) is 8.51. The zero-order valence-corrected chi connectivity index (χ0v) is 14.0. The molecule has 0 fully saturated rings. The molecule has 0 heterocycles. The molecule has 1 unspecified atom stereocenters. The molecule has 0 spiro atoms. The van der Waals surface area contributed by atoms with Crippen molar-refractivity contribution in [3.8, 4) is 0 Å². The highest BCUT2D eigenvalue weighted by atomic mass is 35.5. The number of nitrogens with one attached hydrogen (secondary N) is 2. The van der Waals surface area contributed by atoms with E-state index in [-0.39, 0.29) is 24.4 Å². The second-order valence-electron chi connectivity index (χ2n) is 5.08. The molecule has 3 nitrogen and oxygen atoms in total. The lowest BCUT2D eigenvalue weighted by Crippen LogP contribution is -3.16. The van der Waals surface area contributed by atoms with Crippen LogP contribution in [0.15, 0.2) is 18.2 Å². The summed E-state index contributed by atoms with van der Waals surface area (Å²) in [6.07, 6.45) is 0.869. The standard InChI is InChI=1S/C16H26N2O.ClH/c1-6-14(18(7-2)8-3)16(19)17-15-12(4)10-9-11-13(15)5;/h9-11,14H,6-8H2,1-5H3,(H,17,19);1H. The Labute approximate surface area is 129 Å². The number of halogens is 1. The fourth-order valence-electron chi connectivity index (χ4n) is 2.62. The summed E-state index contributed by atoms with van der Waals surface area (Å²) < 4.78 is 0. The van der Waals surface area contributed by atoms with Crippen molar-refractivity contribution in [1.82, 2.24) is 0 Å². The van der Waals surface area contributed by atoms with Crippen LogP contribution in [0.1, 0.15) is 38.3 Å². The highest BCUT2D eigenvalue weighted by Crippen LogP contribution is 2.19. The molecule has 0 bridgehead atoms. The van der Waals surface area contributed by atoms with E-state index in [0.29, 0.717) is 0 Å². The first-order valence-electron chi connectivity index (χ1n) is 7.26. The van der Waals surface area contributed by atoms with Gasteiger partial charge in [-0.2, -0.15) is 0 Å². The van der Waals surface area contributed by atoms with E-state index in [9.17, 15) is 4.79 Å². The molecule has 0 aliphatic rings. The number of quaternary nitrogens is 1. The van der Waals surface area contributed by atoms with Gasteiger partial charge >= 0.3 is 0 Å². The lowest BCUT2D eigenvalue weighted by atomic mass is 10.1. The summed E-state index contributed by atoms with van der Waals surface area (Å²) >= 11 is 0. The molecule has 1 aromatic rings. The first-order valence-corrected chi connectivity index (χ1v) is 7.26. The number of amides is 1. The van der Waals surface area contributed by atoms with Crippen LogP contribution in [0.5, 0.6) is 0 Å². The minimum Gasteiger partial charge on any atom is -1.00 e. The van der Waals surface area contributed by atoms with Crippen molar-refractivity contribution >= 4 is 11.6 Å². The summed E-state index contributed by atoms with van der Waals surface area (Å²) in [5.41, 5.74) is 3.22. The number of carbonyl (C=O) groups excluding carboxylic acids is 1. The molecular formula is C16H27ClN2O. The van der Waals surface area contributed by atoms with E-state index in [1.807, 2.05) is 32.0 Å². The third kappa shape index (κ3) is 4.50. The minimum atomic E-state index is 0. The summed E-state index contributed by atoms with van der Waals surface area (Å²) in [4.78, 5) is 13.8. The van der Waals surface area contributed by atoms with Crippen molar-refractivity contribution in [2.45, 2.75) is 47.1 Å². The van der Waals surface area contributed by atoms with Crippen LogP contribution in [0, 0.1) is 13.8 Å². The number of aryl methyl sites for hydroxylation is 2. The number of benzene rings is 1. The van der Waals surface area contributed by atoms with Crippen molar-refractivity contribution in [2.75, 3.05) is 18.4 Å². The molecule has 0 aliphatic heterocycles. The molecule has 0 saturated heterocycles. The lowest BCUT2D eigenvalue weighted by molar-refractivity contribution is -0.912. The zero-order valence-electron chi connectivity index (χ0n) is 13.2. The van der Waals surface area contributed by atoms with Gasteiger partial charge in [-0.1, -0.05) is 25.1 Å². The fourth-order valence-corrected chi connectivity index (χ4v) is 2.62. The normalized spacial score (nSPS) is 11.9. The van der Waals surface area contributed by atoms with Gasteiger partial charge in [0.2, 0.25) is 0 Å². The molecular weight excluding hydrogens is 272 g/mol. The molecule has 0 aromatic heterocycles. The smallest absolute Gasteiger partial charge is 0.282 e. The predicted octanol–water partition coefficient (Wildman–Crippen LogP) is -1.05. The SMILES string of the molecule is CCC(C(=O)Nc1c(C)cccc1C)[NH+](CC)CC.[Cl-]. The van der Waals surface area contributed by atoms with Crippen LogP contribution in [-0.2, 0) is 4.79 Å². The summed E-state index contributed by atoms with van der Waals surface area (Å²) in [5.74, 6) is 0.138. The van der Waals surface area contributed by atoms with Gasteiger partial charge in [0, 0.05) is 12.1 Å². The fraction of sp³-hybridized carbons (Fsp3) is 0.562. The van der Waals surface area contributed by atoms with Gasteiger partial charge in [0.1, 0.15) is 0 Å². The molecule has 1 atom stereocenters. The first kappa shape index (κ1) is 18.9. The van der Waals surface area contributed by atoms with Crippen LogP contribution in [0.3, 0.4) is 0 Å². The number of likely N-dealkylation sites (N-methyl/N-ethyl adjacent to an activating group) is 1. The zero-order chi connectivity index (χ0) is 14.4. The summed E-state index contributed by atoms with van der Waals surface area (Å²) in [6, 6.07) is 6.13. The molecule has 4 heteroatoms. The highest BCUT2D eigenvalue weighted by Gasteiger charge is 2.26. The van der Waals surface area contributed by atoms with E-state index >= 15 is 0 Å². The van der Waals surface area contributed by atoms with Gasteiger partial charge < -0.3 is 22.6 Å². The van der Waals surface area contributed by atoms with Crippen molar-refractivity contribution in [1.29, 1.82) is 0 Å². The predicted molar refractivity (Wildman–Crippen MR) is 80.7 cm³/mol. The van der Waals surface area contributed by atoms with Gasteiger partial charge in [-0.15, -0.1) is 0 Å². The van der Waals surface area contributed by atoms with Crippen LogP contribution in [0.25, 0.3) is 0 Å². The number of hydrogen-bond donors (Lipinski definition) is 2. The van der Waals surface area contributed by atoms with Crippen molar-refractivity contribution in [3.05, 3.63) is 29.3 Å².